The number of aromatic nitrogens is 3. The van der Waals surface area contributed by atoms with Crippen LogP contribution in [0.4, 0.5) is 34.4 Å². The molecule has 0 atom stereocenters. The summed E-state index contributed by atoms with van der Waals surface area (Å²) in [6.45, 7) is 0. The van der Waals surface area contributed by atoms with Gasteiger partial charge in [0, 0.05) is 35.8 Å². The Labute approximate surface area is 187 Å². The van der Waals surface area contributed by atoms with Gasteiger partial charge in [0.25, 0.3) is 5.69 Å². The van der Waals surface area contributed by atoms with E-state index in [0.717, 1.165) is 11.3 Å². The quantitative estimate of drug-likeness (QED) is 0.215. The normalized spacial score (nSPS) is 10.9. The SMILES string of the molecule is Nc1nc(-c2ccncc2)nc(Nc2ccccc2)c1N=Nc1ccc([N+](=O)[O-])cc1Cl. The minimum Gasteiger partial charge on any atom is -0.382 e. The molecule has 32 heavy (non-hydrogen) atoms. The Morgan fingerprint density at radius 2 is 1.75 bits per heavy atom. The third-order valence-corrected chi connectivity index (χ3v) is 4.59. The zero-order valence-corrected chi connectivity index (χ0v) is 17.1. The Morgan fingerprint density at radius 3 is 2.44 bits per heavy atom. The molecule has 0 aliphatic rings. The molecule has 0 amide bonds. The molecule has 10 nitrogen and oxygen atoms in total. The summed E-state index contributed by atoms with van der Waals surface area (Å²) in [5, 5.41) is 22.4. The summed E-state index contributed by atoms with van der Waals surface area (Å²) in [5.74, 6) is 0.806. The number of azo groups is 1. The maximum Gasteiger partial charge on any atom is 0.271 e. The van der Waals surface area contributed by atoms with Crippen LogP contribution >= 0.6 is 11.6 Å². The molecule has 0 fully saturated rings. The van der Waals surface area contributed by atoms with E-state index in [1.54, 1.807) is 24.5 Å². The number of hydrogen-bond acceptors (Lipinski definition) is 9. The van der Waals surface area contributed by atoms with E-state index in [1.165, 1.54) is 18.2 Å². The number of halogens is 1. The van der Waals surface area contributed by atoms with E-state index in [4.69, 9.17) is 17.3 Å². The number of nitrogens with zero attached hydrogens (tertiary/aromatic N) is 6. The van der Waals surface area contributed by atoms with E-state index in [0.29, 0.717) is 11.6 Å². The lowest BCUT2D eigenvalue weighted by Crippen LogP contribution is -2.02. The summed E-state index contributed by atoms with van der Waals surface area (Å²) in [4.78, 5) is 23.3. The van der Waals surface area contributed by atoms with E-state index >= 15 is 0 Å². The summed E-state index contributed by atoms with van der Waals surface area (Å²) in [6.07, 6.45) is 3.26. The maximum atomic E-state index is 10.9. The van der Waals surface area contributed by atoms with Crippen molar-refractivity contribution in [3.63, 3.8) is 0 Å². The fourth-order valence-corrected chi connectivity index (χ4v) is 2.95. The van der Waals surface area contributed by atoms with Gasteiger partial charge in [-0.3, -0.25) is 15.1 Å². The van der Waals surface area contributed by atoms with Gasteiger partial charge in [0.15, 0.2) is 23.1 Å². The fraction of sp³-hybridized carbons (Fsp3) is 0. The summed E-state index contributed by atoms with van der Waals surface area (Å²) in [5.41, 5.74) is 7.97. The molecule has 158 valence electrons. The molecule has 0 aliphatic heterocycles. The molecule has 0 bridgehead atoms. The summed E-state index contributed by atoms with van der Waals surface area (Å²) >= 11 is 6.11. The van der Waals surface area contributed by atoms with Crippen molar-refractivity contribution >= 4 is 46.0 Å². The third-order valence-electron chi connectivity index (χ3n) is 4.29. The summed E-state index contributed by atoms with van der Waals surface area (Å²) in [6, 6.07) is 16.8. The van der Waals surface area contributed by atoms with E-state index < -0.39 is 4.92 Å². The lowest BCUT2D eigenvalue weighted by molar-refractivity contribution is -0.384. The van der Waals surface area contributed by atoms with Crippen LogP contribution in [0.5, 0.6) is 0 Å². The van der Waals surface area contributed by atoms with Crippen molar-refractivity contribution < 1.29 is 4.92 Å². The molecule has 2 aromatic carbocycles. The predicted molar refractivity (Wildman–Crippen MR) is 122 cm³/mol. The highest BCUT2D eigenvalue weighted by Crippen LogP contribution is 2.36. The number of hydrogen-bond donors (Lipinski definition) is 2. The van der Waals surface area contributed by atoms with E-state index in [1.807, 2.05) is 30.3 Å². The molecule has 0 radical (unpaired) electrons. The summed E-state index contributed by atoms with van der Waals surface area (Å²) in [7, 11) is 0. The number of nitro benzene ring substituents is 1. The number of nitrogens with one attached hydrogen (secondary N) is 1. The lowest BCUT2D eigenvalue weighted by Gasteiger charge is -2.11. The van der Waals surface area contributed by atoms with Gasteiger partial charge in [-0.25, -0.2) is 9.97 Å². The van der Waals surface area contributed by atoms with Gasteiger partial charge in [-0.05, 0) is 30.3 Å². The number of anilines is 3. The second kappa shape index (κ2) is 9.14. The molecule has 0 unspecified atom stereocenters. The first-order valence-corrected chi connectivity index (χ1v) is 9.65. The van der Waals surface area contributed by atoms with E-state index in [9.17, 15) is 10.1 Å². The molecular formula is C21H15ClN8O2. The highest BCUT2D eigenvalue weighted by atomic mass is 35.5. The number of nitrogens with two attached hydrogens (primary N) is 1. The third kappa shape index (κ3) is 4.65. The molecule has 0 spiro atoms. The van der Waals surface area contributed by atoms with Crippen LogP contribution < -0.4 is 11.1 Å². The van der Waals surface area contributed by atoms with Crippen molar-refractivity contribution in [1.82, 2.24) is 15.0 Å². The van der Waals surface area contributed by atoms with Crippen LogP contribution in [0.25, 0.3) is 11.4 Å². The van der Waals surface area contributed by atoms with E-state index in [2.05, 4.69) is 30.5 Å². The molecular weight excluding hydrogens is 432 g/mol. The fourth-order valence-electron chi connectivity index (χ4n) is 2.74. The number of benzene rings is 2. The van der Waals surface area contributed by atoms with Gasteiger partial charge in [0.1, 0.15) is 5.69 Å². The van der Waals surface area contributed by atoms with Crippen molar-refractivity contribution in [2.75, 3.05) is 11.1 Å². The van der Waals surface area contributed by atoms with Crippen molar-refractivity contribution in [2.24, 2.45) is 10.2 Å². The van der Waals surface area contributed by atoms with Crippen molar-refractivity contribution in [3.8, 4) is 11.4 Å². The lowest BCUT2D eigenvalue weighted by atomic mass is 10.2. The number of nitrogen functional groups attached to an aromatic ring is 1. The Kier molecular flexibility index (Phi) is 5.95. The highest BCUT2D eigenvalue weighted by Gasteiger charge is 2.15. The second-order valence-corrected chi connectivity index (χ2v) is 6.86. The minimum absolute atomic E-state index is 0.0772. The maximum absolute atomic E-state index is 10.9. The second-order valence-electron chi connectivity index (χ2n) is 6.45. The molecule has 0 aliphatic carbocycles. The molecule has 11 heteroatoms. The first kappa shape index (κ1) is 20.8. The molecule has 2 heterocycles. The first-order chi connectivity index (χ1) is 15.5. The molecule has 4 aromatic rings. The van der Waals surface area contributed by atoms with Gasteiger partial charge >= 0.3 is 0 Å². The van der Waals surface area contributed by atoms with Crippen molar-refractivity contribution in [3.05, 3.63) is 88.2 Å². The van der Waals surface area contributed by atoms with Crippen LogP contribution in [0.3, 0.4) is 0 Å². The van der Waals surface area contributed by atoms with Crippen molar-refractivity contribution in [2.45, 2.75) is 0 Å². The average Bonchev–Trinajstić information content (AvgIpc) is 2.80. The van der Waals surface area contributed by atoms with Gasteiger partial charge in [-0.15, -0.1) is 10.2 Å². The Balaban J connectivity index is 1.76. The van der Waals surface area contributed by atoms with Crippen LogP contribution in [-0.4, -0.2) is 19.9 Å². The average molecular weight is 447 g/mol. The van der Waals surface area contributed by atoms with Crippen LogP contribution in [0.1, 0.15) is 0 Å². The Morgan fingerprint density at radius 1 is 1.00 bits per heavy atom. The monoisotopic (exact) mass is 446 g/mol. The Bertz CT molecular complexity index is 1300. The van der Waals surface area contributed by atoms with Gasteiger partial charge in [0.2, 0.25) is 0 Å². The zero-order chi connectivity index (χ0) is 22.5. The van der Waals surface area contributed by atoms with Crippen LogP contribution in [0.15, 0.2) is 83.3 Å². The van der Waals surface area contributed by atoms with E-state index in [-0.39, 0.29) is 27.9 Å². The molecule has 2 aromatic heterocycles. The summed E-state index contributed by atoms with van der Waals surface area (Å²) < 4.78 is 0. The molecule has 0 saturated heterocycles. The van der Waals surface area contributed by atoms with Gasteiger partial charge in [-0.1, -0.05) is 29.8 Å². The number of rotatable bonds is 6. The van der Waals surface area contributed by atoms with Gasteiger partial charge in [-0.2, -0.15) is 0 Å². The largest absolute Gasteiger partial charge is 0.382 e. The number of para-hydroxylation sites is 1. The first-order valence-electron chi connectivity index (χ1n) is 9.27. The predicted octanol–water partition coefficient (Wildman–Crippen LogP) is 5.84. The Hall–Kier alpha value is -4.44. The van der Waals surface area contributed by atoms with Crippen LogP contribution in [0, 0.1) is 10.1 Å². The smallest absolute Gasteiger partial charge is 0.271 e. The molecule has 0 saturated carbocycles. The standard InChI is InChI=1S/C21H15ClN8O2/c22-16-12-15(30(31)32)6-7-17(16)28-29-18-19(23)26-20(13-8-10-24-11-9-13)27-21(18)25-14-4-2-1-3-5-14/h1-12H,(H3,23,25,26,27). The number of nitro groups is 1. The topological polar surface area (TPSA) is 145 Å². The molecule has 3 N–H and O–H groups in total. The number of pyridine rings is 1. The van der Waals surface area contributed by atoms with Gasteiger partial charge in [0.05, 0.1) is 9.95 Å². The number of non-ortho nitro benzene ring substituents is 1. The highest BCUT2D eigenvalue weighted by molar-refractivity contribution is 6.33. The van der Waals surface area contributed by atoms with Crippen LogP contribution in [0.2, 0.25) is 5.02 Å². The molecule has 4 rings (SSSR count). The van der Waals surface area contributed by atoms with Crippen LogP contribution in [-0.2, 0) is 0 Å². The van der Waals surface area contributed by atoms with Crippen molar-refractivity contribution in [1.29, 1.82) is 0 Å². The van der Waals surface area contributed by atoms with Gasteiger partial charge < -0.3 is 11.1 Å². The zero-order valence-electron chi connectivity index (χ0n) is 16.4. The minimum atomic E-state index is -0.543.